The molecule has 0 saturated carbocycles. The molecule has 0 unspecified atom stereocenters. The number of nitrogens with zero attached hydrogens (tertiary/aromatic N) is 5. The van der Waals surface area contributed by atoms with Gasteiger partial charge in [-0.15, -0.1) is 13.2 Å². The summed E-state index contributed by atoms with van der Waals surface area (Å²) in [6.07, 6.45) is 1.00. The number of pyridine rings is 1. The Bertz CT molecular complexity index is 2900. The maximum absolute atomic E-state index is 13.0. The lowest BCUT2D eigenvalue weighted by Crippen LogP contribution is -2.32. The zero-order valence-electron chi connectivity index (χ0n) is 34.8. The highest BCUT2D eigenvalue weighted by Crippen LogP contribution is 2.34. The zero-order valence-corrected chi connectivity index (χ0v) is 37.1. The molecular formula is C49H41Cl3F3N7O3. The Morgan fingerprint density at radius 3 is 2.22 bits per heavy atom. The predicted octanol–water partition coefficient (Wildman–Crippen LogP) is 13.2. The van der Waals surface area contributed by atoms with Crippen LogP contribution in [0.4, 0.5) is 30.4 Å². The first-order chi connectivity index (χ1) is 31.4. The summed E-state index contributed by atoms with van der Waals surface area (Å²) in [6, 6.07) is 38.4. The first-order valence-corrected chi connectivity index (χ1v) is 21.9. The molecule has 4 heterocycles. The van der Waals surface area contributed by atoms with E-state index in [0.717, 1.165) is 70.8 Å². The van der Waals surface area contributed by atoms with Crippen LogP contribution in [0.1, 0.15) is 53.0 Å². The third-order valence-electron chi connectivity index (χ3n) is 10.8. The lowest BCUT2D eigenvalue weighted by atomic mass is 9.89. The number of rotatable bonds is 11. The fraction of sp³-hybridized carbons (Fsp3) is 0.184. The molecule has 332 valence electrons. The number of fused-ring (bicyclic) bond motifs is 2. The Hall–Kier alpha value is -6.54. The summed E-state index contributed by atoms with van der Waals surface area (Å²) in [5, 5.41) is 8.76. The summed E-state index contributed by atoms with van der Waals surface area (Å²) >= 11 is 18.1. The number of ether oxygens (including phenoxy) is 2. The van der Waals surface area contributed by atoms with E-state index in [-0.39, 0.29) is 17.6 Å². The van der Waals surface area contributed by atoms with E-state index in [1.165, 1.54) is 12.1 Å². The number of hydrogen-bond donors (Lipinski definition) is 2. The summed E-state index contributed by atoms with van der Waals surface area (Å²) in [6.45, 7) is 4.04. The molecule has 1 saturated heterocycles. The number of para-hydroxylation sites is 1. The van der Waals surface area contributed by atoms with Crippen LogP contribution in [-0.2, 0) is 13.0 Å². The van der Waals surface area contributed by atoms with Gasteiger partial charge in [0, 0.05) is 48.7 Å². The maximum Gasteiger partial charge on any atom is 0.573 e. The van der Waals surface area contributed by atoms with E-state index in [2.05, 4.69) is 47.4 Å². The Labute approximate surface area is 387 Å². The molecule has 1 aliphatic rings. The van der Waals surface area contributed by atoms with E-state index in [1.807, 2.05) is 67.6 Å². The average Bonchev–Trinajstić information content (AvgIpc) is 3.68. The number of anilines is 3. The molecule has 1 aliphatic heterocycles. The van der Waals surface area contributed by atoms with Gasteiger partial charge in [0.15, 0.2) is 0 Å². The van der Waals surface area contributed by atoms with Crippen LogP contribution in [0.2, 0.25) is 15.1 Å². The van der Waals surface area contributed by atoms with Gasteiger partial charge in [-0.25, -0.2) is 15.0 Å². The van der Waals surface area contributed by atoms with Gasteiger partial charge >= 0.3 is 6.36 Å². The predicted molar refractivity (Wildman–Crippen MR) is 250 cm³/mol. The Morgan fingerprint density at radius 2 is 1.51 bits per heavy atom. The number of aromatic nitrogens is 4. The number of hydrogen-bond acceptors (Lipinski definition) is 8. The van der Waals surface area contributed by atoms with Gasteiger partial charge in [0.1, 0.15) is 40.7 Å². The Kier molecular flexibility index (Phi) is 13.9. The second-order valence-corrected chi connectivity index (χ2v) is 16.4. The standard InChI is InChI=1S/C29H28ClF3N4O2.C20H13Cl2N3O/c1-2-25-27(37-18-22(30)7-12-26(37)35-25)28(38)34-17-19-3-8-23(9-4-19)36-15-13-21(14-16-36)20-5-10-24(11-6-20)39-29(31,32)33;21-17-10-9-15(11-18(17)22)26-14-7-5-13(6-8-14)25-20-16-3-1-2-4-19(16)23-12-24-20/h3-12,18,21H,2,13-17H2,1H3,(H,34,38);1-12H,(H,23,24,25). The number of piperidine rings is 1. The van der Waals surface area contributed by atoms with Gasteiger partial charge in [-0.1, -0.05) is 78.1 Å². The van der Waals surface area contributed by atoms with Crippen LogP contribution in [-0.4, -0.2) is 44.7 Å². The first kappa shape index (κ1) is 45.0. The van der Waals surface area contributed by atoms with Crippen molar-refractivity contribution in [1.29, 1.82) is 0 Å². The third-order valence-corrected chi connectivity index (χ3v) is 11.8. The Balaban J connectivity index is 0.000000192. The summed E-state index contributed by atoms with van der Waals surface area (Å²) < 4.78 is 48.7. The van der Waals surface area contributed by atoms with Crippen LogP contribution in [0.3, 0.4) is 0 Å². The van der Waals surface area contributed by atoms with Crippen molar-refractivity contribution < 1.29 is 27.4 Å². The first-order valence-electron chi connectivity index (χ1n) is 20.7. The number of aryl methyl sites for hydroxylation is 1. The van der Waals surface area contributed by atoms with Gasteiger partial charge in [-0.3, -0.25) is 9.20 Å². The molecule has 5 aromatic carbocycles. The van der Waals surface area contributed by atoms with Gasteiger partial charge < -0.3 is 25.0 Å². The number of nitrogens with one attached hydrogen (secondary N) is 2. The molecule has 0 bridgehead atoms. The monoisotopic (exact) mass is 937 g/mol. The van der Waals surface area contributed by atoms with Crippen LogP contribution in [0.5, 0.6) is 17.2 Å². The van der Waals surface area contributed by atoms with E-state index in [9.17, 15) is 18.0 Å². The molecule has 8 aromatic rings. The number of carbonyl (C=O) groups excluding carboxylic acids is 1. The smallest absolute Gasteiger partial charge is 0.457 e. The molecule has 0 spiro atoms. The second kappa shape index (κ2) is 20.1. The van der Waals surface area contributed by atoms with Crippen molar-refractivity contribution in [2.24, 2.45) is 0 Å². The quantitative estimate of drug-likeness (QED) is 0.132. The van der Waals surface area contributed by atoms with E-state index in [4.69, 9.17) is 39.5 Å². The number of imidazole rings is 1. The van der Waals surface area contributed by atoms with E-state index < -0.39 is 6.36 Å². The molecule has 0 radical (unpaired) electrons. The summed E-state index contributed by atoms with van der Waals surface area (Å²) in [5.41, 5.74) is 6.79. The van der Waals surface area contributed by atoms with E-state index in [0.29, 0.717) is 50.9 Å². The maximum atomic E-state index is 13.0. The van der Waals surface area contributed by atoms with Crippen molar-refractivity contribution in [3.8, 4) is 17.2 Å². The number of carbonyl (C=O) groups is 1. The normalized spacial score (nSPS) is 13.0. The van der Waals surface area contributed by atoms with Crippen molar-refractivity contribution in [3.63, 3.8) is 0 Å². The molecule has 1 amide bonds. The van der Waals surface area contributed by atoms with E-state index in [1.54, 1.807) is 59.4 Å². The van der Waals surface area contributed by atoms with Gasteiger partial charge in [0.05, 0.1) is 26.3 Å². The highest BCUT2D eigenvalue weighted by Gasteiger charge is 2.31. The highest BCUT2D eigenvalue weighted by atomic mass is 35.5. The average molecular weight is 939 g/mol. The Morgan fingerprint density at radius 1 is 0.800 bits per heavy atom. The van der Waals surface area contributed by atoms with Crippen molar-refractivity contribution >= 4 is 74.5 Å². The molecular weight excluding hydrogens is 898 g/mol. The minimum absolute atomic E-state index is 0.200. The minimum Gasteiger partial charge on any atom is -0.457 e. The molecule has 10 nitrogen and oxygen atoms in total. The largest absolute Gasteiger partial charge is 0.573 e. The summed E-state index contributed by atoms with van der Waals surface area (Å²) in [7, 11) is 0. The third kappa shape index (κ3) is 11.4. The van der Waals surface area contributed by atoms with Crippen molar-refractivity contribution in [1.82, 2.24) is 24.7 Å². The molecule has 2 N–H and O–H groups in total. The highest BCUT2D eigenvalue weighted by molar-refractivity contribution is 6.42. The molecule has 1 fully saturated rings. The van der Waals surface area contributed by atoms with Crippen molar-refractivity contribution in [2.75, 3.05) is 23.3 Å². The topological polar surface area (TPSA) is 106 Å². The van der Waals surface area contributed by atoms with Crippen LogP contribution in [0, 0.1) is 0 Å². The fourth-order valence-electron chi connectivity index (χ4n) is 7.58. The van der Waals surface area contributed by atoms with E-state index >= 15 is 0 Å². The molecule has 0 aliphatic carbocycles. The molecule has 16 heteroatoms. The van der Waals surface area contributed by atoms with Gasteiger partial charge in [0.25, 0.3) is 5.91 Å². The SMILES string of the molecule is CCc1nc2ccc(Cl)cn2c1C(=O)NCc1ccc(N2CCC(c3ccc(OC(F)(F)F)cc3)CC2)cc1.Clc1ccc(Oc2ccc(Nc3ncnc4ccccc34)cc2)cc1Cl. The molecule has 65 heavy (non-hydrogen) atoms. The van der Waals surface area contributed by atoms with Gasteiger partial charge in [0.2, 0.25) is 0 Å². The number of benzene rings is 5. The number of alkyl halides is 3. The number of halogens is 6. The van der Waals surface area contributed by atoms with Crippen LogP contribution >= 0.6 is 34.8 Å². The van der Waals surface area contributed by atoms with Gasteiger partial charge in [-0.05, 0) is 121 Å². The summed E-state index contributed by atoms with van der Waals surface area (Å²) in [4.78, 5) is 28.5. The molecule has 0 atom stereocenters. The van der Waals surface area contributed by atoms with Crippen LogP contribution in [0.15, 0.2) is 140 Å². The van der Waals surface area contributed by atoms with Crippen molar-refractivity contribution in [3.05, 3.63) is 178 Å². The van der Waals surface area contributed by atoms with Crippen molar-refractivity contribution in [2.45, 2.75) is 45.0 Å². The fourth-order valence-corrected chi connectivity index (χ4v) is 8.03. The zero-order chi connectivity index (χ0) is 45.5. The van der Waals surface area contributed by atoms with Crippen LogP contribution < -0.4 is 25.0 Å². The minimum atomic E-state index is -4.68. The van der Waals surface area contributed by atoms with Crippen LogP contribution in [0.25, 0.3) is 16.6 Å². The second-order valence-electron chi connectivity index (χ2n) is 15.1. The lowest BCUT2D eigenvalue weighted by molar-refractivity contribution is -0.274. The molecule has 3 aromatic heterocycles. The molecule has 9 rings (SSSR count). The summed E-state index contributed by atoms with van der Waals surface area (Å²) in [5.74, 6) is 1.97. The number of amides is 1. The van der Waals surface area contributed by atoms with Gasteiger partial charge in [-0.2, -0.15) is 0 Å². The lowest BCUT2D eigenvalue weighted by Gasteiger charge is -2.34.